The van der Waals surface area contributed by atoms with E-state index in [0.29, 0.717) is 17.8 Å². The number of fused-ring (bicyclic) bond motifs is 2. The Labute approximate surface area is 312 Å². The van der Waals surface area contributed by atoms with Gasteiger partial charge in [0.15, 0.2) is 11.6 Å². The summed E-state index contributed by atoms with van der Waals surface area (Å²) in [5, 5.41) is 62.3. The summed E-state index contributed by atoms with van der Waals surface area (Å²) in [5.41, 5.74) is 1.15. The first kappa shape index (κ1) is 33.8. The number of aromatic nitrogens is 1. The minimum absolute atomic E-state index is 0.0488. The normalized spacial score (nSPS) is 37.7. The van der Waals surface area contributed by atoms with Crippen LogP contribution in [-0.2, 0) is 10.2 Å². The van der Waals surface area contributed by atoms with Gasteiger partial charge in [-0.15, -0.1) is 0 Å². The predicted molar refractivity (Wildman–Crippen MR) is 198 cm³/mol. The van der Waals surface area contributed by atoms with E-state index in [-0.39, 0.29) is 51.9 Å². The van der Waals surface area contributed by atoms with Crippen molar-refractivity contribution in [1.29, 1.82) is 0 Å². The summed E-state index contributed by atoms with van der Waals surface area (Å²) in [5.74, 6) is -1.52. The third-order valence-electron chi connectivity index (χ3n) is 13.0. The number of aliphatic hydroxyl groups is 5. The molecule has 3 aromatic rings. The number of pyridine rings is 1. The number of anilines is 1. The molecule has 8 aliphatic rings. The van der Waals surface area contributed by atoms with Crippen LogP contribution in [0.1, 0.15) is 81.3 Å². The van der Waals surface area contributed by atoms with E-state index in [9.17, 15) is 30.3 Å². The van der Waals surface area contributed by atoms with Gasteiger partial charge in [0.2, 0.25) is 6.29 Å². The summed E-state index contributed by atoms with van der Waals surface area (Å²) in [6.45, 7) is 1.08. The fourth-order valence-electron chi connectivity index (χ4n) is 10.6. The van der Waals surface area contributed by atoms with Crippen molar-refractivity contribution in [2.24, 2.45) is 11.3 Å². The van der Waals surface area contributed by atoms with Crippen LogP contribution in [-0.4, -0.2) is 84.6 Å². The van der Waals surface area contributed by atoms with Gasteiger partial charge in [0.1, 0.15) is 52.0 Å². The lowest BCUT2D eigenvalue weighted by Gasteiger charge is -2.54. The van der Waals surface area contributed by atoms with Gasteiger partial charge in [-0.05, 0) is 72.6 Å². The van der Waals surface area contributed by atoms with Crippen LogP contribution in [0.15, 0.2) is 72.1 Å². The van der Waals surface area contributed by atoms with Gasteiger partial charge in [0.25, 0.3) is 0 Å². The fourth-order valence-corrected chi connectivity index (χ4v) is 13.5. The molecule has 1 aromatic heterocycles. The molecule has 4 aliphatic heterocycles. The molecule has 0 amide bonds. The fraction of sp³-hybridized carbons (Fsp3) is 0.425. The van der Waals surface area contributed by atoms with Crippen molar-refractivity contribution >= 4 is 39.0 Å². The summed E-state index contributed by atoms with van der Waals surface area (Å²) in [6.07, 6.45) is 0.687. The highest BCUT2D eigenvalue weighted by Gasteiger charge is 2.63. The summed E-state index contributed by atoms with van der Waals surface area (Å²) >= 11 is 0. The number of hydrogen-bond acceptors (Lipinski definition) is 13. The average Bonchev–Trinajstić information content (AvgIpc) is 3.58. The van der Waals surface area contributed by atoms with Crippen molar-refractivity contribution < 1.29 is 44.6 Å². The number of hydrogen-bond donors (Lipinski definition) is 6. The Bertz CT molecular complexity index is 2190. The number of aliphatic hydroxyl groups excluding tert-OH is 4. The Kier molecular flexibility index (Phi) is 7.44. The van der Waals surface area contributed by atoms with Crippen molar-refractivity contribution in [3.8, 4) is 16.9 Å². The number of Topliss-reactive ketones (excluding diaryl/α,β-unsaturated/α-hetero) is 2. The summed E-state index contributed by atoms with van der Waals surface area (Å²) < 4.78 is 12.3. The van der Waals surface area contributed by atoms with Gasteiger partial charge in [-0.1, -0.05) is 70.0 Å². The van der Waals surface area contributed by atoms with E-state index in [1.807, 2.05) is 12.1 Å². The maximum Gasteiger partial charge on any atom is 0.229 e. The molecule has 10 atom stereocenters. The van der Waals surface area contributed by atoms with Crippen molar-refractivity contribution in [1.82, 2.24) is 4.98 Å². The van der Waals surface area contributed by atoms with E-state index in [4.69, 9.17) is 14.5 Å². The quantitative estimate of drug-likeness (QED) is 0.181. The van der Waals surface area contributed by atoms with Crippen molar-refractivity contribution in [2.75, 3.05) is 17.7 Å². The first-order valence-electron chi connectivity index (χ1n) is 18.0. The number of ketones is 2. The van der Waals surface area contributed by atoms with Crippen LogP contribution >= 0.6 is 21.6 Å². The van der Waals surface area contributed by atoms with E-state index in [2.05, 4.69) is 17.4 Å². The highest BCUT2D eigenvalue weighted by atomic mass is 33.1. The molecule has 6 N–H and O–H groups in total. The Morgan fingerprint density at radius 3 is 2.68 bits per heavy atom. The molecule has 53 heavy (non-hydrogen) atoms. The van der Waals surface area contributed by atoms with Gasteiger partial charge in [-0.25, -0.2) is 4.98 Å². The van der Waals surface area contributed by atoms with Crippen molar-refractivity contribution in [3.63, 3.8) is 0 Å². The summed E-state index contributed by atoms with van der Waals surface area (Å²) in [7, 11) is 2.90. The lowest BCUT2D eigenvalue weighted by atomic mass is 9.57. The number of benzene rings is 2. The molecule has 2 fully saturated rings. The molecular weight excluding hydrogens is 717 g/mol. The number of nitrogens with one attached hydrogen (secondary N) is 1. The van der Waals surface area contributed by atoms with Crippen LogP contribution in [0.2, 0.25) is 0 Å². The highest BCUT2D eigenvalue weighted by Crippen LogP contribution is 2.66. The second-order valence-corrected chi connectivity index (χ2v) is 18.0. The van der Waals surface area contributed by atoms with Crippen LogP contribution < -0.4 is 10.1 Å². The second kappa shape index (κ2) is 11.7. The smallest absolute Gasteiger partial charge is 0.229 e. The van der Waals surface area contributed by atoms with Gasteiger partial charge in [-0.3, -0.25) is 9.59 Å². The molecule has 1 saturated heterocycles. The zero-order valence-electron chi connectivity index (χ0n) is 28.7. The van der Waals surface area contributed by atoms with Gasteiger partial charge >= 0.3 is 0 Å². The topological polar surface area (TPSA) is 179 Å². The Hall–Kier alpha value is -3.69. The number of allylic oxidation sites excluding steroid dienone is 4. The molecule has 4 aliphatic carbocycles. The van der Waals surface area contributed by atoms with E-state index < -0.39 is 59.3 Å². The van der Waals surface area contributed by atoms with E-state index in [0.717, 1.165) is 40.7 Å². The molecule has 11 nitrogen and oxygen atoms in total. The lowest BCUT2D eigenvalue weighted by Crippen LogP contribution is -2.69. The zero-order chi connectivity index (χ0) is 36.6. The molecule has 10 unspecified atom stereocenters. The Morgan fingerprint density at radius 2 is 1.85 bits per heavy atom. The van der Waals surface area contributed by atoms with E-state index in [1.165, 1.54) is 33.7 Å². The largest absolute Gasteiger partial charge is 0.511 e. The monoisotopic (exact) mass is 754 g/mol. The third kappa shape index (κ3) is 4.35. The SMILES string of the molecule is CC1=CC2C(=O)c3cccc4c3C(=O)C2(CSSC2Nc3nccc5c3-c3c2cccc3C2CCCC52CC2(O)C(O)C(CO)OC(O4)C2O)C(O)=C1. The number of carbonyl (C=O) groups is 2. The van der Waals surface area contributed by atoms with E-state index in [1.54, 1.807) is 31.3 Å². The first-order chi connectivity index (χ1) is 25.5. The lowest BCUT2D eigenvalue weighted by molar-refractivity contribution is -0.318. The Morgan fingerprint density at radius 1 is 1.04 bits per heavy atom. The average molecular weight is 755 g/mol. The molecular formula is C40H38N2O9S2. The predicted octanol–water partition coefficient (Wildman–Crippen LogP) is 5.11. The van der Waals surface area contributed by atoms with Crippen LogP contribution in [0, 0.1) is 11.3 Å². The number of carbonyl (C=O) groups excluding carboxylic acids is 2. The molecule has 5 heterocycles. The number of ether oxygens (including phenoxy) is 2. The third-order valence-corrected chi connectivity index (χ3v) is 15.6. The number of rotatable bonds is 1. The maximum absolute atomic E-state index is 15.0. The van der Waals surface area contributed by atoms with Crippen LogP contribution in [0.25, 0.3) is 11.1 Å². The molecule has 12 bridgehead atoms. The molecule has 2 aromatic carbocycles. The van der Waals surface area contributed by atoms with E-state index >= 15 is 4.79 Å². The van der Waals surface area contributed by atoms with Crippen molar-refractivity contribution in [3.05, 3.63) is 100.0 Å². The standard InChI is InChI=1S/C40H38N2O9S2/c1-18-13-24-31(45)20-6-3-9-25-29(20)33(47)39(24,27(44)14-18)17-52-53-36-21-7-2-5-19-22-8-4-11-38(22,23-10-12-41-35(42-36)30(23)28(19)21)16-40(49)32(46)26(15-43)51-37(50-25)34(40)48/h2-3,5-7,9-10,12-14,22,24,26,32,34,36-37,43-44,46,48-49H,4,8,11,15-17H2,1H3,(H,41,42). The minimum atomic E-state index is -2.25. The van der Waals surface area contributed by atoms with Crippen LogP contribution in [0.3, 0.4) is 0 Å². The van der Waals surface area contributed by atoms with Crippen LogP contribution in [0.5, 0.6) is 5.75 Å². The highest BCUT2D eigenvalue weighted by molar-refractivity contribution is 8.76. The Balaban J connectivity index is 1.21. The molecule has 0 radical (unpaired) electrons. The molecule has 1 saturated carbocycles. The molecule has 11 rings (SSSR count). The second-order valence-electron chi connectivity index (χ2n) is 15.5. The van der Waals surface area contributed by atoms with Crippen molar-refractivity contribution in [2.45, 2.75) is 79.5 Å². The first-order valence-corrected chi connectivity index (χ1v) is 20.4. The molecule has 13 heteroatoms. The van der Waals surface area contributed by atoms with Gasteiger partial charge < -0.3 is 40.3 Å². The van der Waals surface area contributed by atoms with Gasteiger partial charge in [0.05, 0.1) is 18.1 Å². The molecule has 2 spiro atoms. The summed E-state index contributed by atoms with van der Waals surface area (Å²) in [4.78, 5) is 34.2. The van der Waals surface area contributed by atoms with Gasteiger partial charge in [0, 0.05) is 28.5 Å². The molecule has 274 valence electrons. The van der Waals surface area contributed by atoms with Gasteiger partial charge in [-0.2, -0.15) is 0 Å². The number of nitrogens with zero attached hydrogens (tertiary/aromatic N) is 1. The maximum atomic E-state index is 15.0. The zero-order valence-corrected chi connectivity index (χ0v) is 30.3. The minimum Gasteiger partial charge on any atom is -0.511 e. The summed E-state index contributed by atoms with van der Waals surface area (Å²) in [6, 6.07) is 12.8. The van der Waals surface area contributed by atoms with Crippen LogP contribution in [0.4, 0.5) is 5.82 Å².